The number of benzene rings is 8. The van der Waals surface area contributed by atoms with Crippen LogP contribution in [0.15, 0.2) is 182 Å². The van der Waals surface area contributed by atoms with Gasteiger partial charge in [-0.3, -0.25) is 0 Å². The Morgan fingerprint density at radius 3 is 1.81 bits per heavy atom. The highest BCUT2D eigenvalue weighted by Crippen LogP contribution is 2.48. The van der Waals surface area contributed by atoms with E-state index in [2.05, 4.69) is 191 Å². The summed E-state index contributed by atoms with van der Waals surface area (Å²) in [5.41, 5.74) is 9.32. The number of aromatic nitrogens is 1. The standard InChI is InChI=1S/C48H30N2S2/c1-3-14-32(15-4-1)49(33-16-5-2-6-17-33)42-30-31(34-21-13-22-36-35-18-8-11-24-43(35)52-48(34)36)26-27-40(42)50-39-23-10-7-19-37(39)46-41(50)28-29-45-47(46)38-20-9-12-25-44(38)51-45/h1-30H. The summed E-state index contributed by atoms with van der Waals surface area (Å²) >= 11 is 3.76. The lowest BCUT2D eigenvalue weighted by Crippen LogP contribution is -2.13. The van der Waals surface area contributed by atoms with Crippen LogP contribution in [0.4, 0.5) is 17.1 Å². The largest absolute Gasteiger partial charge is 0.308 e. The van der Waals surface area contributed by atoms with Crippen molar-refractivity contribution in [1.82, 2.24) is 4.57 Å². The first kappa shape index (κ1) is 29.5. The average Bonchev–Trinajstić information content (AvgIpc) is 3.88. The van der Waals surface area contributed by atoms with E-state index < -0.39 is 0 Å². The van der Waals surface area contributed by atoms with Gasteiger partial charge in [0.25, 0.3) is 0 Å². The van der Waals surface area contributed by atoms with E-state index in [-0.39, 0.29) is 0 Å². The topological polar surface area (TPSA) is 8.17 Å². The summed E-state index contributed by atoms with van der Waals surface area (Å²) < 4.78 is 7.76. The maximum absolute atomic E-state index is 2.49. The first-order chi connectivity index (χ1) is 25.8. The normalized spacial score (nSPS) is 11.8. The van der Waals surface area contributed by atoms with Crippen molar-refractivity contribution >= 4 is 102 Å². The van der Waals surface area contributed by atoms with Crippen molar-refractivity contribution in [2.45, 2.75) is 0 Å². The van der Waals surface area contributed by atoms with E-state index in [1.54, 1.807) is 0 Å². The van der Waals surface area contributed by atoms with Crippen molar-refractivity contribution in [2.24, 2.45) is 0 Å². The lowest BCUT2D eigenvalue weighted by Gasteiger charge is -2.29. The van der Waals surface area contributed by atoms with Gasteiger partial charge < -0.3 is 9.47 Å². The van der Waals surface area contributed by atoms with Crippen LogP contribution in [0.2, 0.25) is 0 Å². The maximum Gasteiger partial charge on any atom is 0.0708 e. The van der Waals surface area contributed by atoms with Gasteiger partial charge in [0.1, 0.15) is 0 Å². The number of hydrogen-bond donors (Lipinski definition) is 0. The van der Waals surface area contributed by atoms with Crippen molar-refractivity contribution in [3.05, 3.63) is 182 Å². The van der Waals surface area contributed by atoms with Crippen LogP contribution in [0.25, 0.3) is 79.0 Å². The Bertz CT molecular complexity index is 3090. The molecule has 3 heterocycles. The highest BCUT2D eigenvalue weighted by Gasteiger charge is 2.23. The number of anilines is 3. The molecule has 244 valence electrons. The fourth-order valence-electron chi connectivity index (χ4n) is 8.15. The first-order valence-corrected chi connectivity index (χ1v) is 19.2. The molecule has 0 amide bonds. The van der Waals surface area contributed by atoms with Gasteiger partial charge in [-0.25, -0.2) is 0 Å². The number of rotatable bonds is 5. The van der Waals surface area contributed by atoms with E-state index in [1.165, 1.54) is 73.3 Å². The summed E-state index contributed by atoms with van der Waals surface area (Å²) in [7, 11) is 0. The van der Waals surface area contributed by atoms with Gasteiger partial charge in [-0.1, -0.05) is 115 Å². The monoisotopic (exact) mass is 698 g/mol. The van der Waals surface area contributed by atoms with Crippen LogP contribution in [-0.4, -0.2) is 4.57 Å². The highest BCUT2D eigenvalue weighted by molar-refractivity contribution is 7.26. The van der Waals surface area contributed by atoms with Gasteiger partial charge in [-0.15, -0.1) is 22.7 Å². The second-order valence-electron chi connectivity index (χ2n) is 13.3. The molecule has 0 radical (unpaired) electrons. The molecular formula is C48H30N2S2. The zero-order valence-electron chi connectivity index (χ0n) is 28.0. The van der Waals surface area contributed by atoms with Gasteiger partial charge in [0.15, 0.2) is 0 Å². The van der Waals surface area contributed by atoms with E-state index in [4.69, 9.17) is 0 Å². The quantitative estimate of drug-likeness (QED) is 0.174. The number of nitrogens with zero attached hydrogens (tertiary/aromatic N) is 2. The number of para-hydroxylation sites is 3. The van der Waals surface area contributed by atoms with Gasteiger partial charge in [0.2, 0.25) is 0 Å². The van der Waals surface area contributed by atoms with E-state index in [1.807, 2.05) is 22.7 Å². The third-order valence-corrected chi connectivity index (χ3v) is 12.7. The van der Waals surface area contributed by atoms with Crippen LogP contribution in [0.5, 0.6) is 0 Å². The number of fused-ring (bicyclic) bond motifs is 10. The molecule has 0 spiro atoms. The molecule has 8 aromatic carbocycles. The summed E-state index contributed by atoms with van der Waals surface area (Å²) in [5, 5.41) is 7.85. The van der Waals surface area contributed by atoms with Crippen molar-refractivity contribution < 1.29 is 0 Å². The molecule has 0 N–H and O–H groups in total. The van der Waals surface area contributed by atoms with Crippen LogP contribution in [0.3, 0.4) is 0 Å². The summed E-state index contributed by atoms with van der Waals surface area (Å²) in [6.45, 7) is 0. The summed E-state index contributed by atoms with van der Waals surface area (Å²) in [4.78, 5) is 2.42. The molecule has 0 saturated carbocycles. The van der Waals surface area contributed by atoms with Crippen LogP contribution in [0, 0.1) is 0 Å². The zero-order valence-corrected chi connectivity index (χ0v) is 29.7. The fourth-order valence-corrected chi connectivity index (χ4v) is 10.5. The van der Waals surface area contributed by atoms with Crippen molar-refractivity contribution in [3.63, 3.8) is 0 Å². The fraction of sp³-hybridized carbons (Fsp3) is 0. The van der Waals surface area contributed by atoms with E-state index in [9.17, 15) is 0 Å². The predicted octanol–water partition coefficient (Wildman–Crippen LogP) is 14.7. The molecule has 0 aliphatic heterocycles. The first-order valence-electron chi connectivity index (χ1n) is 17.6. The molecule has 0 aliphatic rings. The maximum atomic E-state index is 2.49. The SMILES string of the molecule is c1ccc(N(c2ccccc2)c2cc(-c3cccc4c3sc3ccccc34)ccc2-n2c3ccccc3c3c4c(ccc32)sc2ccccc24)cc1. The summed E-state index contributed by atoms with van der Waals surface area (Å²) in [5.74, 6) is 0. The Labute approximate surface area is 308 Å². The van der Waals surface area contributed by atoms with E-state index in [0.717, 1.165) is 22.7 Å². The smallest absolute Gasteiger partial charge is 0.0708 e. The molecule has 0 unspecified atom stereocenters. The lowest BCUT2D eigenvalue weighted by molar-refractivity contribution is 1.15. The van der Waals surface area contributed by atoms with E-state index >= 15 is 0 Å². The van der Waals surface area contributed by atoms with Gasteiger partial charge >= 0.3 is 0 Å². The number of hydrogen-bond acceptors (Lipinski definition) is 3. The lowest BCUT2D eigenvalue weighted by atomic mass is 10.0. The molecule has 2 nitrogen and oxygen atoms in total. The molecule has 4 heteroatoms. The Morgan fingerprint density at radius 1 is 0.404 bits per heavy atom. The van der Waals surface area contributed by atoms with Crippen LogP contribution < -0.4 is 4.90 Å². The molecule has 0 aliphatic carbocycles. The summed E-state index contributed by atoms with van der Waals surface area (Å²) in [6.07, 6.45) is 0. The molecular weight excluding hydrogens is 669 g/mol. The average molecular weight is 699 g/mol. The van der Waals surface area contributed by atoms with Crippen molar-refractivity contribution in [2.75, 3.05) is 4.90 Å². The minimum absolute atomic E-state index is 1.11. The van der Waals surface area contributed by atoms with Gasteiger partial charge in [0.05, 0.1) is 22.4 Å². The second kappa shape index (κ2) is 11.7. The Hall–Kier alpha value is -6.20. The number of thiophene rings is 2. The molecule has 11 aromatic rings. The van der Waals surface area contributed by atoms with Gasteiger partial charge in [-0.2, -0.15) is 0 Å². The molecule has 0 atom stereocenters. The Morgan fingerprint density at radius 2 is 1.04 bits per heavy atom. The molecule has 0 bridgehead atoms. The van der Waals surface area contributed by atoms with Crippen molar-refractivity contribution in [1.29, 1.82) is 0 Å². The zero-order chi connectivity index (χ0) is 34.2. The van der Waals surface area contributed by atoms with Crippen molar-refractivity contribution in [3.8, 4) is 16.8 Å². The van der Waals surface area contributed by atoms with E-state index in [0.29, 0.717) is 0 Å². The Balaban J connectivity index is 1.26. The second-order valence-corrected chi connectivity index (χ2v) is 15.4. The van der Waals surface area contributed by atoms with Gasteiger partial charge in [-0.05, 0) is 77.9 Å². The third kappa shape index (κ3) is 4.42. The molecule has 0 saturated heterocycles. The minimum atomic E-state index is 1.11. The molecule has 0 fully saturated rings. The van der Waals surface area contributed by atoms with Crippen LogP contribution in [-0.2, 0) is 0 Å². The highest BCUT2D eigenvalue weighted by atomic mass is 32.1. The molecule has 11 rings (SSSR count). The third-order valence-electron chi connectivity index (χ3n) is 10.4. The molecule has 52 heavy (non-hydrogen) atoms. The molecule has 3 aromatic heterocycles. The van der Waals surface area contributed by atoms with Crippen LogP contribution >= 0.6 is 22.7 Å². The predicted molar refractivity (Wildman–Crippen MR) is 227 cm³/mol. The van der Waals surface area contributed by atoms with Crippen LogP contribution in [0.1, 0.15) is 0 Å². The van der Waals surface area contributed by atoms with Gasteiger partial charge in [0, 0.05) is 62.5 Å². The Kier molecular flexibility index (Phi) is 6.63. The summed E-state index contributed by atoms with van der Waals surface area (Å²) in [6, 6.07) is 66.6. The minimum Gasteiger partial charge on any atom is -0.308 e.